The van der Waals surface area contributed by atoms with Gasteiger partial charge < -0.3 is 5.32 Å². The molecule has 2 aromatic heterocycles. The zero-order valence-corrected chi connectivity index (χ0v) is 16.9. The Morgan fingerprint density at radius 3 is 2.78 bits per heavy atom. The minimum atomic E-state index is -0.188. The Kier molecular flexibility index (Phi) is 5.86. The van der Waals surface area contributed by atoms with Crippen molar-refractivity contribution in [1.82, 2.24) is 19.3 Å². The van der Waals surface area contributed by atoms with Crippen molar-refractivity contribution in [3.05, 3.63) is 45.3 Å². The predicted molar refractivity (Wildman–Crippen MR) is 109 cm³/mol. The quantitative estimate of drug-likeness (QED) is 0.503. The van der Waals surface area contributed by atoms with E-state index in [0.29, 0.717) is 33.4 Å². The third kappa shape index (κ3) is 4.33. The first kappa shape index (κ1) is 19.4. The molecule has 1 aromatic carbocycles. The second-order valence-corrected chi connectivity index (χ2v) is 7.52. The summed E-state index contributed by atoms with van der Waals surface area (Å²) in [7, 11) is 1.77. The monoisotopic (exact) mass is 405 g/mol. The summed E-state index contributed by atoms with van der Waals surface area (Å²) in [5.74, 6) is 0.570. The van der Waals surface area contributed by atoms with Crippen molar-refractivity contribution in [2.45, 2.75) is 32.0 Å². The van der Waals surface area contributed by atoms with Gasteiger partial charge in [-0.05, 0) is 31.5 Å². The molecule has 1 N–H and O–H groups in total. The number of aryl methyl sites for hydroxylation is 2. The SMILES string of the molecule is CCCn1c(SCC(=O)Nc2cc(C)nn2C)nc2cc(Cl)ccc2c1=O. The molecule has 0 atom stereocenters. The van der Waals surface area contributed by atoms with Crippen LogP contribution in [0.4, 0.5) is 5.82 Å². The molecule has 0 aliphatic carbocycles. The number of carbonyl (C=O) groups is 1. The van der Waals surface area contributed by atoms with Gasteiger partial charge >= 0.3 is 0 Å². The molecule has 0 spiro atoms. The first-order chi connectivity index (χ1) is 12.9. The molecule has 0 aliphatic heterocycles. The van der Waals surface area contributed by atoms with Crippen molar-refractivity contribution < 1.29 is 4.79 Å². The van der Waals surface area contributed by atoms with Gasteiger partial charge in [0.2, 0.25) is 5.91 Å². The van der Waals surface area contributed by atoms with Crippen LogP contribution in [-0.4, -0.2) is 31.0 Å². The molecular formula is C18H20ClN5O2S. The van der Waals surface area contributed by atoms with Crippen molar-refractivity contribution in [1.29, 1.82) is 0 Å². The fraction of sp³-hybridized carbons (Fsp3) is 0.333. The number of halogens is 1. The van der Waals surface area contributed by atoms with Gasteiger partial charge in [0, 0.05) is 24.7 Å². The van der Waals surface area contributed by atoms with Crippen LogP contribution in [0.3, 0.4) is 0 Å². The van der Waals surface area contributed by atoms with E-state index >= 15 is 0 Å². The first-order valence-electron chi connectivity index (χ1n) is 8.52. The number of carbonyl (C=O) groups excluding carboxylic acids is 1. The highest BCUT2D eigenvalue weighted by molar-refractivity contribution is 7.99. The summed E-state index contributed by atoms with van der Waals surface area (Å²) >= 11 is 7.26. The van der Waals surface area contributed by atoms with E-state index in [0.717, 1.165) is 12.1 Å². The molecule has 0 saturated heterocycles. The molecule has 142 valence electrons. The number of aromatic nitrogens is 4. The molecule has 9 heteroatoms. The van der Waals surface area contributed by atoms with Gasteiger partial charge in [-0.3, -0.25) is 18.8 Å². The molecular weight excluding hydrogens is 386 g/mol. The molecule has 2 heterocycles. The lowest BCUT2D eigenvalue weighted by molar-refractivity contribution is -0.113. The molecule has 27 heavy (non-hydrogen) atoms. The van der Waals surface area contributed by atoms with Gasteiger partial charge in [-0.2, -0.15) is 5.10 Å². The number of hydrogen-bond donors (Lipinski definition) is 1. The minimum Gasteiger partial charge on any atom is -0.310 e. The number of benzene rings is 1. The number of nitrogens with zero attached hydrogens (tertiary/aromatic N) is 4. The third-order valence-electron chi connectivity index (χ3n) is 3.93. The second-order valence-electron chi connectivity index (χ2n) is 6.14. The molecule has 7 nitrogen and oxygen atoms in total. The van der Waals surface area contributed by atoms with Crippen LogP contribution in [0.25, 0.3) is 10.9 Å². The molecule has 3 aromatic rings. The lowest BCUT2D eigenvalue weighted by Gasteiger charge is -2.12. The number of thioether (sulfide) groups is 1. The summed E-state index contributed by atoms with van der Waals surface area (Å²) in [4.78, 5) is 29.7. The summed E-state index contributed by atoms with van der Waals surface area (Å²) in [6.45, 7) is 4.39. The van der Waals surface area contributed by atoms with Gasteiger partial charge in [-0.15, -0.1) is 0 Å². The third-order valence-corrected chi connectivity index (χ3v) is 5.14. The van der Waals surface area contributed by atoms with Crippen LogP contribution in [-0.2, 0) is 18.4 Å². The number of amides is 1. The highest BCUT2D eigenvalue weighted by Crippen LogP contribution is 2.21. The normalized spacial score (nSPS) is 11.1. The zero-order valence-electron chi connectivity index (χ0n) is 15.3. The lowest BCUT2D eigenvalue weighted by atomic mass is 10.2. The Morgan fingerprint density at radius 1 is 1.33 bits per heavy atom. The average Bonchev–Trinajstić information content (AvgIpc) is 2.92. The predicted octanol–water partition coefficient (Wildman–Crippen LogP) is 3.23. The minimum absolute atomic E-state index is 0.122. The van der Waals surface area contributed by atoms with Gasteiger partial charge in [0.15, 0.2) is 5.16 Å². The van der Waals surface area contributed by atoms with Gasteiger partial charge in [0.1, 0.15) is 5.82 Å². The van der Waals surface area contributed by atoms with Crippen molar-refractivity contribution >= 4 is 46.0 Å². The number of fused-ring (bicyclic) bond motifs is 1. The maximum atomic E-state index is 12.8. The van der Waals surface area contributed by atoms with Gasteiger partial charge in [0.25, 0.3) is 5.56 Å². The molecule has 0 bridgehead atoms. The number of nitrogens with one attached hydrogen (secondary N) is 1. The smallest absolute Gasteiger partial charge is 0.262 e. The average molecular weight is 406 g/mol. The standard InChI is InChI=1S/C18H20ClN5O2S/c1-4-7-24-17(26)13-6-5-12(19)9-14(13)20-18(24)27-10-16(25)21-15-8-11(2)22-23(15)3/h5-6,8-9H,4,7,10H2,1-3H3,(H,21,25). The summed E-state index contributed by atoms with van der Waals surface area (Å²) < 4.78 is 3.23. The van der Waals surface area contributed by atoms with E-state index in [4.69, 9.17) is 11.6 Å². The van der Waals surface area contributed by atoms with Crippen molar-refractivity contribution in [3.63, 3.8) is 0 Å². The largest absolute Gasteiger partial charge is 0.310 e. The van der Waals surface area contributed by atoms with E-state index in [-0.39, 0.29) is 17.2 Å². The van der Waals surface area contributed by atoms with Crippen LogP contribution in [0.5, 0.6) is 0 Å². The van der Waals surface area contributed by atoms with Crippen molar-refractivity contribution in [3.8, 4) is 0 Å². The second kappa shape index (κ2) is 8.14. The van der Waals surface area contributed by atoms with E-state index in [1.54, 1.807) is 40.6 Å². The lowest BCUT2D eigenvalue weighted by Crippen LogP contribution is -2.24. The molecule has 0 unspecified atom stereocenters. The van der Waals surface area contributed by atoms with E-state index in [1.165, 1.54) is 11.8 Å². The van der Waals surface area contributed by atoms with E-state index in [9.17, 15) is 9.59 Å². The van der Waals surface area contributed by atoms with Crippen LogP contribution in [0, 0.1) is 6.92 Å². The Hall–Kier alpha value is -2.32. The summed E-state index contributed by atoms with van der Waals surface area (Å²) in [6.07, 6.45) is 0.786. The van der Waals surface area contributed by atoms with Crippen LogP contribution < -0.4 is 10.9 Å². The van der Waals surface area contributed by atoms with Crippen molar-refractivity contribution in [2.24, 2.45) is 7.05 Å². The number of anilines is 1. The van der Waals surface area contributed by atoms with Gasteiger partial charge in [0.05, 0.1) is 22.3 Å². The summed E-state index contributed by atoms with van der Waals surface area (Å²) in [5, 5.41) is 8.56. The molecule has 0 aliphatic rings. The topological polar surface area (TPSA) is 81.8 Å². The number of hydrogen-bond acceptors (Lipinski definition) is 5. The highest BCUT2D eigenvalue weighted by atomic mass is 35.5. The van der Waals surface area contributed by atoms with E-state index in [1.807, 2.05) is 13.8 Å². The molecule has 0 radical (unpaired) electrons. The van der Waals surface area contributed by atoms with Crippen LogP contribution in [0.1, 0.15) is 19.0 Å². The zero-order chi connectivity index (χ0) is 19.6. The Labute approximate surface area is 165 Å². The molecule has 1 amide bonds. The fourth-order valence-electron chi connectivity index (χ4n) is 2.74. The maximum absolute atomic E-state index is 12.8. The molecule has 0 fully saturated rings. The van der Waals surface area contributed by atoms with Crippen LogP contribution in [0.15, 0.2) is 34.2 Å². The van der Waals surface area contributed by atoms with Gasteiger partial charge in [-0.25, -0.2) is 4.98 Å². The summed E-state index contributed by atoms with van der Waals surface area (Å²) in [6, 6.07) is 6.83. The van der Waals surface area contributed by atoms with Crippen molar-refractivity contribution in [2.75, 3.05) is 11.1 Å². The van der Waals surface area contributed by atoms with Gasteiger partial charge in [-0.1, -0.05) is 30.3 Å². The molecule has 0 saturated carbocycles. The first-order valence-corrected chi connectivity index (χ1v) is 9.88. The Balaban J connectivity index is 1.84. The fourth-order valence-corrected chi connectivity index (χ4v) is 3.73. The maximum Gasteiger partial charge on any atom is 0.262 e. The van der Waals surface area contributed by atoms with Crippen LogP contribution >= 0.6 is 23.4 Å². The Bertz CT molecular complexity index is 1060. The number of rotatable bonds is 6. The van der Waals surface area contributed by atoms with E-state index < -0.39 is 0 Å². The Morgan fingerprint density at radius 2 is 2.11 bits per heavy atom. The van der Waals surface area contributed by atoms with E-state index in [2.05, 4.69) is 15.4 Å². The highest BCUT2D eigenvalue weighted by Gasteiger charge is 2.14. The molecule has 3 rings (SSSR count). The van der Waals surface area contributed by atoms with Crippen LogP contribution in [0.2, 0.25) is 5.02 Å². The summed E-state index contributed by atoms with van der Waals surface area (Å²) in [5.41, 5.74) is 1.24.